The molecule has 0 bridgehead atoms. The molecule has 168 valence electrons. The van der Waals surface area contributed by atoms with E-state index in [4.69, 9.17) is 15.0 Å². The molecule has 0 aliphatic carbocycles. The lowest BCUT2D eigenvalue weighted by Crippen LogP contribution is -2.12. The molecule has 10 nitrogen and oxygen atoms in total. The van der Waals surface area contributed by atoms with Crippen molar-refractivity contribution in [2.45, 2.75) is 31.2 Å². The maximum absolute atomic E-state index is 12.8. The van der Waals surface area contributed by atoms with E-state index in [1.54, 1.807) is 18.3 Å². The predicted molar refractivity (Wildman–Crippen MR) is 123 cm³/mol. The molecule has 0 radical (unpaired) electrons. The summed E-state index contributed by atoms with van der Waals surface area (Å²) in [6, 6.07) is 12.7. The van der Waals surface area contributed by atoms with Crippen LogP contribution in [0, 0.1) is 13.8 Å². The van der Waals surface area contributed by atoms with Crippen LogP contribution in [0.2, 0.25) is 0 Å². The molecular formula is C22H21N7O3S. The molecule has 3 aromatic heterocycles. The number of rotatable bonds is 8. The summed E-state index contributed by atoms with van der Waals surface area (Å²) >= 11 is 1.41. The molecule has 0 saturated heterocycles. The molecule has 0 unspecified atom stereocenters. The van der Waals surface area contributed by atoms with E-state index in [9.17, 15) is 4.79 Å². The first kappa shape index (κ1) is 22.2. The number of hydrogen-bond acceptors (Lipinski definition) is 11. The molecule has 0 aliphatic rings. The van der Waals surface area contributed by atoms with Gasteiger partial charge in [0.05, 0.1) is 11.3 Å². The fourth-order valence-corrected chi connectivity index (χ4v) is 4.06. The van der Waals surface area contributed by atoms with Gasteiger partial charge in [-0.3, -0.25) is 0 Å². The number of ether oxygens (including phenoxy) is 1. The molecule has 1 aromatic carbocycles. The Morgan fingerprint density at radius 3 is 2.70 bits per heavy atom. The number of nitrogens with two attached hydrogens (primary N) is 1. The molecule has 4 rings (SSSR count). The molecule has 0 aliphatic heterocycles. The zero-order chi connectivity index (χ0) is 23.2. The van der Waals surface area contributed by atoms with E-state index in [0.717, 1.165) is 22.7 Å². The van der Waals surface area contributed by atoms with Gasteiger partial charge in [0, 0.05) is 23.2 Å². The third-order valence-corrected chi connectivity index (χ3v) is 5.62. The van der Waals surface area contributed by atoms with Gasteiger partial charge in [-0.05, 0) is 38.1 Å². The zero-order valence-corrected chi connectivity index (χ0v) is 18.8. The molecule has 0 atom stereocenters. The number of hydrogen-bond donors (Lipinski definition) is 2. The topological polar surface area (TPSA) is 142 Å². The molecule has 11 heteroatoms. The van der Waals surface area contributed by atoms with Crippen molar-refractivity contribution in [2.24, 2.45) is 0 Å². The van der Waals surface area contributed by atoms with Crippen LogP contribution in [0.15, 0.2) is 58.2 Å². The van der Waals surface area contributed by atoms with Gasteiger partial charge < -0.3 is 20.3 Å². The number of aryl methyl sites for hydroxylation is 2. The first-order valence-corrected chi connectivity index (χ1v) is 11.0. The second kappa shape index (κ2) is 10.1. The van der Waals surface area contributed by atoms with Crippen molar-refractivity contribution >= 4 is 35.3 Å². The van der Waals surface area contributed by atoms with Gasteiger partial charge in [-0.2, -0.15) is 15.0 Å². The van der Waals surface area contributed by atoms with Crippen molar-refractivity contribution in [1.82, 2.24) is 25.1 Å². The molecule has 0 amide bonds. The third-order valence-electron chi connectivity index (χ3n) is 4.59. The Morgan fingerprint density at radius 2 is 1.94 bits per heavy atom. The second-order valence-electron chi connectivity index (χ2n) is 6.95. The number of benzene rings is 1. The van der Waals surface area contributed by atoms with E-state index in [2.05, 4.69) is 30.4 Å². The van der Waals surface area contributed by atoms with Crippen molar-refractivity contribution < 1.29 is 14.1 Å². The van der Waals surface area contributed by atoms with Crippen molar-refractivity contribution in [3.05, 3.63) is 77.1 Å². The smallest absolute Gasteiger partial charge is 0.341 e. The standard InChI is InChI=1S/C22H21N7O3S/c1-13-17(14(2)32-29-13)12-33-19-16(9-6-10-24-19)20(30)31-11-18-26-21(23)28-22(27-18)25-15-7-4-3-5-8-15/h3-10H,11-12H2,1-2H3,(H3,23,25,26,27,28). The minimum absolute atomic E-state index is 0.0200. The number of aromatic nitrogens is 5. The summed E-state index contributed by atoms with van der Waals surface area (Å²) in [7, 11) is 0. The van der Waals surface area contributed by atoms with E-state index < -0.39 is 5.97 Å². The largest absolute Gasteiger partial charge is 0.454 e. The Bertz CT molecular complexity index is 1240. The first-order valence-electron chi connectivity index (χ1n) is 9.99. The molecule has 0 spiro atoms. The van der Waals surface area contributed by atoms with Gasteiger partial charge in [0.1, 0.15) is 10.8 Å². The van der Waals surface area contributed by atoms with Gasteiger partial charge in [0.15, 0.2) is 12.4 Å². The summed E-state index contributed by atoms with van der Waals surface area (Å²) < 4.78 is 10.6. The number of pyridine rings is 1. The fraction of sp³-hybridized carbons (Fsp3) is 0.182. The number of para-hydroxylation sites is 1. The van der Waals surface area contributed by atoms with Gasteiger partial charge >= 0.3 is 5.97 Å². The van der Waals surface area contributed by atoms with E-state index in [0.29, 0.717) is 16.3 Å². The van der Waals surface area contributed by atoms with E-state index in [1.165, 1.54) is 11.8 Å². The average Bonchev–Trinajstić information content (AvgIpc) is 3.13. The number of esters is 1. The van der Waals surface area contributed by atoms with Crippen LogP contribution < -0.4 is 11.1 Å². The lowest BCUT2D eigenvalue weighted by Gasteiger charge is -2.09. The van der Waals surface area contributed by atoms with Crippen molar-refractivity contribution in [3.63, 3.8) is 0 Å². The van der Waals surface area contributed by atoms with Crippen LogP contribution in [0.1, 0.15) is 33.2 Å². The highest BCUT2D eigenvalue weighted by atomic mass is 32.2. The summed E-state index contributed by atoms with van der Waals surface area (Å²) in [5.74, 6) is 1.27. The highest BCUT2D eigenvalue weighted by Crippen LogP contribution is 2.27. The number of anilines is 3. The summed E-state index contributed by atoms with van der Waals surface area (Å²) in [4.78, 5) is 29.5. The van der Waals surface area contributed by atoms with Gasteiger partial charge in [0.25, 0.3) is 0 Å². The monoisotopic (exact) mass is 463 g/mol. The molecule has 0 saturated carbocycles. The van der Waals surface area contributed by atoms with Crippen molar-refractivity contribution in [2.75, 3.05) is 11.1 Å². The van der Waals surface area contributed by atoms with Crippen LogP contribution in [-0.2, 0) is 17.1 Å². The lowest BCUT2D eigenvalue weighted by molar-refractivity contribution is 0.0457. The Morgan fingerprint density at radius 1 is 1.12 bits per heavy atom. The van der Waals surface area contributed by atoms with Gasteiger partial charge in [-0.25, -0.2) is 9.78 Å². The predicted octanol–water partition coefficient (Wildman–Crippen LogP) is 3.85. The summed E-state index contributed by atoms with van der Waals surface area (Å²) in [5, 5.41) is 7.54. The maximum atomic E-state index is 12.8. The second-order valence-corrected chi connectivity index (χ2v) is 7.91. The van der Waals surface area contributed by atoms with Crippen LogP contribution >= 0.6 is 11.8 Å². The summed E-state index contributed by atoms with van der Waals surface area (Å²) in [6.07, 6.45) is 1.63. The quantitative estimate of drug-likeness (QED) is 0.290. The number of nitrogen functional groups attached to an aromatic ring is 1. The Labute approximate surface area is 194 Å². The fourth-order valence-electron chi connectivity index (χ4n) is 2.93. The van der Waals surface area contributed by atoms with Crippen LogP contribution in [0.25, 0.3) is 0 Å². The Hall–Kier alpha value is -3.99. The van der Waals surface area contributed by atoms with E-state index >= 15 is 0 Å². The van der Waals surface area contributed by atoms with Crippen LogP contribution in [0.4, 0.5) is 17.6 Å². The molecular weight excluding hydrogens is 442 g/mol. The lowest BCUT2D eigenvalue weighted by atomic mass is 10.2. The first-order chi connectivity index (χ1) is 16.0. The number of nitrogens with zero attached hydrogens (tertiary/aromatic N) is 5. The van der Waals surface area contributed by atoms with Crippen LogP contribution in [0.5, 0.6) is 0 Å². The summed E-state index contributed by atoms with van der Waals surface area (Å²) in [5.41, 5.74) is 8.72. The Kier molecular flexibility index (Phi) is 6.79. The SMILES string of the molecule is Cc1noc(C)c1CSc1ncccc1C(=O)OCc1nc(N)nc(Nc2ccccc2)n1. The van der Waals surface area contributed by atoms with Gasteiger partial charge in [-0.15, -0.1) is 11.8 Å². The number of nitrogens with one attached hydrogen (secondary N) is 1. The zero-order valence-electron chi connectivity index (χ0n) is 18.0. The van der Waals surface area contributed by atoms with Gasteiger partial charge in [-0.1, -0.05) is 23.4 Å². The molecule has 0 fully saturated rings. The van der Waals surface area contributed by atoms with Gasteiger partial charge in [0.2, 0.25) is 11.9 Å². The van der Waals surface area contributed by atoms with Crippen LogP contribution in [0.3, 0.4) is 0 Å². The highest BCUT2D eigenvalue weighted by Gasteiger charge is 2.17. The van der Waals surface area contributed by atoms with E-state index in [1.807, 2.05) is 44.2 Å². The minimum atomic E-state index is -0.541. The normalized spacial score (nSPS) is 10.7. The highest BCUT2D eigenvalue weighted by molar-refractivity contribution is 7.98. The third kappa shape index (κ3) is 5.63. The average molecular weight is 464 g/mol. The minimum Gasteiger partial charge on any atom is -0.454 e. The summed E-state index contributed by atoms with van der Waals surface area (Å²) in [6.45, 7) is 3.56. The molecule has 33 heavy (non-hydrogen) atoms. The number of carbonyl (C=O) groups is 1. The Balaban J connectivity index is 1.43. The van der Waals surface area contributed by atoms with E-state index in [-0.39, 0.29) is 24.3 Å². The molecule has 4 aromatic rings. The number of thioether (sulfide) groups is 1. The molecule has 3 N–H and O–H groups in total. The van der Waals surface area contributed by atoms with Crippen molar-refractivity contribution in [3.8, 4) is 0 Å². The van der Waals surface area contributed by atoms with Crippen molar-refractivity contribution in [1.29, 1.82) is 0 Å². The molecule has 3 heterocycles. The van der Waals surface area contributed by atoms with Crippen LogP contribution in [-0.4, -0.2) is 31.1 Å². The maximum Gasteiger partial charge on any atom is 0.341 e. The number of carbonyl (C=O) groups excluding carboxylic acids is 1.